The van der Waals surface area contributed by atoms with Crippen LogP contribution in [0.5, 0.6) is 0 Å². The van der Waals surface area contributed by atoms with Crippen LogP contribution in [0.4, 0.5) is 0 Å². The number of carbonyl (C=O) groups excluding carboxylic acids is 1. The van der Waals surface area contributed by atoms with Gasteiger partial charge in [-0.3, -0.25) is 4.79 Å². The van der Waals surface area contributed by atoms with Gasteiger partial charge in [-0.1, -0.05) is 36.4 Å². The SMILES string of the molecule is CSCC1=C(c2ccc3c(c2)CN([C@H](CN)Cc2ccccc2)C3=O)N(C)NC1. The van der Waals surface area contributed by atoms with Crippen LogP contribution in [0.25, 0.3) is 5.70 Å². The van der Waals surface area contributed by atoms with E-state index in [1.54, 1.807) is 0 Å². The maximum atomic E-state index is 13.1. The summed E-state index contributed by atoms with van der Waals surface area (Å²) < 4.78 is 0. The van der Waals surface area contributed by atoms with Gasteiger partial charge in [-0.25, -0.2) is 5.43 Å². The van der Waals surface area contributed by atoms with Gasteiger partial charge in [-0.2, -0.15) is 11.8 Å². The molecule has 4 rings (SSSR count). The van der Waals surface area contributed by atoms with E-state index in [-0.39, 0.29) is 11.9 Å². The summed E-state index contributed by atoms with van der Waals surface area (Å²) in [7, 11) is 2.05. The lowest BCUT2D eigenvalue weighted by Gasteiger charge is -2.26. The highest BCUT2D eigenvalue weighted by molar-refractivity contribution is 7.98. The van der Waals surface area contributed by atoms with Gasteiger partial charge in [0.1, 0.15) is 0 Å². The van der Waals surface area contributed by atoms with Crippen LogP contribution in [0.3, 0.4) is 0 Å². The van der Waals surface area contributed by atoms with E-state index < -0.39 is 0 Å². The number of thioether (sulfide) groups is 1. The molecule has 5 nitrogen and oxygen atoms in total. The fourth-order valence-corrected chi connectivity index (χ4v) is 4.88. The standard InChI is InChI=1S/C23H28N4OS/c1-26-22(19(13-25-26)15-29-2)17-8-9-21-18(11-17)14-27(23(21)28)20(12-24)10-16-6-4-3-5-7-16/h3-9,11,20,25H,10,12-15,24H2,1-2H3/t20-/m0/s1. The summed E-state index contributed by atoms with van der Waals surface area (Å²) in [6.45, 7) is 1.96. The zero-order chi connectivity index (χ0) is 20.4. The third-order valence-corrected chi connectivity index (χ3v) is 6.39. The van der Waals surface area contributed by atoms with Crippen LogP contribution in [0.1, 0.15) is 27.0 Å². The van der Waals surface area contributed by atoms with E-state index >= 15 is 0 Å². The number of nitrogens with one attached hydrogen (secondary N) is 1. The Balaban J connectivity index is 1.59. The second-order valence-electron chi connectivity index (χ2n) is 7.66. The predicted octanol–water partition coefficient (Wildman–Crippen LogP) is 2.74. The average Bonchev–Trinajstić information content (AvgIpc) is 3.26. The number of nitrogens with zero attached hydrogens (tertiary/aromatic N) is 2. The van der Waals surface area contributed by atoms with E-state index in [4.69, 9.17) is 5.73 Å². The molecular formula is C23H28N4OS. The minimum Gasteiger partial charge on any atom is -0.330 e. The number of hydrogen-bond donors (Lipinski definition) is 2. The van der Waals surface area contributed by atoms with E-state index in [1.807, 2.05) is 40.9 Å². The number of rotatable bonds is 7. The highest BCUT2D eigenvalue weighted by Gasteiger charge is 2.33. The maximum absolute atomic E-state index is 13.1. The molecule has 0 radical (unpaired) electrons. The molecule has 29 heavy (non-hydrogen) atoms. The molecule has 152 valence electrons. The van der Waals surface area contributed by atoms with E-state index in [0.717, 1.165) is 29.8 Å². The van der Waals surface area contributed by atoms with Crippen LogP contribution in [0.15, 0.2) is 54.1 Å². The van der Waals surface area contributed by atoms with Gasteiger partial charge >= 0.3 is 0 Å². The van der Waals surface area contributed by atoms with E-state index in [2.05, 4.69) is 48.0 Å². The van der Waals surface area contributed by atoms with Gasteiger partial charge in [0, 0.05) is 44.0 Å². The minimum absolute atomic E-state index is 0.00263. The van der Waals surface area contributed by atoms with Crippen molar-refractivity contribution in [3.8, 4) is 0 Å². The summed E-state index contributed by atoms with van der Waals surface area (Å²) in [4.78, 5) is 15.0. The molecular weight excluding hydrogens is 380 g/mol. The van der Waals surface area contributed by atoms with Crippen molar-refractivity contribution < 1.29 is 4.79 Å². The molecule has 3 N–H and O–H groups in total. The molecule has 0 unspecified atom stereocenters. The van der Waals surface area contributed by atoms with Crippen LogP contribution in [-0.4, -0.2) is 54.0 Å². The fraction of sp³-hybridized carbons (Fsp3) is 0.348. The molecule has 6 heteroatoms. The Bertz CT molecular complexity index is 928. The smallest absolute Gasteiger partial charge is 0.254 e. The third-order valence-electron chi connectivity index (χ3n) is 5.76. The van der Waals surface area contributed by atoms with Crippen molar-refractivity contribution in [3.05, 3.63) is 76.4 Å². The highest BCUT2D eigenvalue weighted by atomic mass is 32.2. The Labute approximate surface area is 176 Å². The summed E-state index contributed by atoms with van der Waals surface area (Å²) in [5, 5.41) is 2.10. The van der Waals surface area contributed by atoms with Crippen LogP contribution in [-0.2, 0) is 13.0 Å². The van der Waals surface area contributed by atoms with Crippen molar-refractivity contribution in [2.24, 2.45) is 5.73 Å². The Morgan fingerprint density at radius 1 is 1.21 bits per heavy atom. The van der Waals surface area contributed by atoms with Crippen molar-refractivity contribution in [1.82, 2.24) is 15.3 Å². The zero-order valence-electron chi connectivity index (χ0n) is 17.0. The first kappa shape index (κ1) is 20.0. The summed E-state index contributed by atoms with van der Waals surface area (Å²) in [6, 6.07) is 16.5. The molecule has 1 atom stereocenters. The first-order valence-corrected chi connectivity index (χ1v) is 11.4. The van der Waals surface area contributed by atoms with E-state index in [1.165, 1.54) is 22.4 Å². The van der Waals surface area contributed by atoms with E-state index in [0.29, 0.717) is 13.1 Å². The van der Waals surface area contributed by atoms with Gasteiger partial charge in [-0.15, -0.1) is 0 Å². The van der Waals surface area contributed by atoms with Crippen LogP contribution in [0, 0.1) is 0 Å². The average molecular weight is 409 g/mol. The monoisotopic (exact) mass is 408 g/mol. The second-order valence-corrected chi connectivity index (χ2v) is 8.53. The van der Waals surface area contributed by atoms with Crippen LogP contribution < -0.4 is 11.2 Å². The minimum atomic E-state index is 0.00263. The fourth-order valence-electron chi connectivity index (χ4n) is 4.30. The second kappa shape index (κ2) is 8.61. The van der Waals surface area contributed by atoms with Gasteiger partial charge in [0.25, 0.3) is 5.91 Å². The number of carbonyl (C=O) groups is 1. The van der Waals surface area contributed by atoms with Crippen molar-refractivity contribution in [3.63, 3.8) is 0 Å². The molecule has 0 saturated carbocycles. The van der Waals surface area contributed by atoms with Gasteiger partial charge < -0.3 is 15.6 Å². The highest BCUT2D eigenvalue weighted by Crippen LogP contribution is 2.32. The van der Waals surface area contributed by atoms with Gasteiger partial charge in [0.15, 0.2) is 0 Å². The largest absolute Gasteiger partial charge is 0.330 e. The molecule has 2 aromatic carbocycles. The molecule has 2 aromatic rings. The van der Waals surface area contributed by atoms with Crippen molar-refractivity contribution in [1.29, 1.82) is 0 Å². The number of benzene rings is 2. The molecule has 2 aliphatic heterocycles. The van der Waals surface area contributed by atoms with Crippen LogP contribution in [0.2, 0.25) is 0 Å². The molecule has 2 aliphatic rings. The topological polar surface area (TPSA) is 61.6 Å². The van der Waals surface area contributed by atoms with Gasteiger partial charge in [-0.05, 0) is 47.1 Å². The summed E-state index contributed by atoms with van der Waals surface area (Å²) in [6.07, 6.45) is 2.90. The third kappa shape index (κ3) is 3.92. The van der Waals surface area contributed by atoms with Crippen LogP contribution >= 0.6 is 11.8 Å². The molecule has 0 aliphatic carbocycles. The number of nitrogens with two attached hydrogens (primary N) is 1. The quantitative estimate of drug-likeness (QED) is 0.738. The first-order valence-electron chi connectivity index (χ1n) is 9.98. The lowest BCUT2D eigenvalue weighted by Crippen LogP contribution is -2.42. The van der Waals surface area contributed by atoms with Gasteiger partial charge in [0.2, 0.25) is 0 Å². The molecule has 0 saturated heterocycles. The Morgan fingerprint density at radius 2 is 2.00 bits per heavy atom. The number of fused-ring (bicyclic) bond motifs is 1. The summed E-state index contributed by atoms with van der Waals surface area (Å²) in [5.41, 5.74) is 16.4. The lowest BCUT2D eigenvalue weighted by atomic mass is 10.0. The molecule has 0 fully saturated rings. The number of hydrazine groups is 1. The molecule has 0 spiro atoms. The summed E-state index contributed by atoms with van der Waals surface area (Å²) in [5.74, 6) is 1.09. The Hall–Kier alpha value is -2.28. The van der Waals surface area contributed by atoms with Crippen molar-refractivity contribution in [2.75, 3.05) is 32.1 Å². The molecule has 2 heterocycles. The normalized spacial score (nSPS) is 17.3. The number of hydrogen-bond acceptors (Lipinski definition) is 5. The Kier molecular flexibility index (Phi) is 5.94. The maximum Gasteiger partial charge on any atom is 0.254 e. The number of amides is 1. The van der Waals surface area contributed by atoms with Crippen molar-refractivity contribution in [2.45, 2.75) is 19.0 Å². The first-order chi connectivity index (χ1) is 14.1. The zero-order valence-corrected chi connectivity index (χ0v) is 17.8. The summed E-state index contributed by atoms with van der Waals surface area (Å²) >= 11 is 1.83. The molecule has 1 amide bonds. The van der Waals surface area contributed by atoms with E-state index in [9.17, 15) is 4.79 Å². The van der Waals surface area contributed by atoms with Gasteiger partial charge in [0.05, 0.1) is 5.70 Å². The molecule has 0 aromatic heterocycles. The molecule has 0 bridgehead atoms. The predicted molar refractivity (Wildman–Crippen MR) is 120 cm³/mol. The van der Waals surface area contributed by atoms with Crippen molar-refractivity contribution >= 4 is 23.4 Å². The lowest BCUT2D eigenvalue weighted by molar-refractivity contribution is 0.0708. The Morgan fingerprint density at radius 3 is 2.72 bits per heavy atom.